The zero-order valence-electron chi connectivity index (χ0n) is 14.4. The van der Waals surface area contributed by atoms with E-state index in [0.717, 1.165) is 5.56 Å². The molecule has 0 aliphatic rings. The second-order valence-electron chi connectivity index (χ2n) is 5.78. The van der Waals surface area contributed by atoms with Crippen LogP contribution in [0.3, 0.4) is 0 Å². The Morgan fingerprint density at radius 1 is 1.07 bits per heavy atom. The Bertz CT molecular complexity index is 1050. The summed E-state index contributed by atoms with van der Waals surface area (Å²) in [4.78, 5) is 25.3. The van der Waals surface area contributed by atoms with E-state index < -0.39 is 0 Å². The molecule has 0 radical (unpaired) electrons. The lowest BCUT2D eigenvalue weighted by molar-refractivity contribution is 0.0939. The molecule has 3 aromatic heterocycles. The van der Waals surface area contributed by atoms with Crippen LogP contribution in [0.2, 0.25) is 0 Å². The lowest BCUT2D eigenvalue weighted by Crippen LogP contribution is -2.26. The predicted molar refractivity (Wildman–Crippen MR) is 101 cm³/mol. The molecule has 3 heterocycles. The van der Waals surface area contributed by atoms with Crippen molar-refractivity contribution in [1.82, 2.24) is 25.4 Å². The van der Waals surface area contributed by atoms with Gasteiger partial charge in [-0.1, -0.05) is 41.6 Å². The van der Waals surface area contributed by atoms with E-state index in [1.165, 1.54) is 11.3 Å². The molecule has 0 aliphatic carbocycles. The summed E-state index contributed by atoms with van der Waals surface area (Å²) in [7, 11) is 0. The Kier molecular flexibility index (Phi) is 4.71. The minimum Gasteiger partial charge on any atom is -0.343 e. The summed E-state index contributed by atoms with van der Waals surface area (Å²) < 4.78 is 5.26. The highest BCUT2D eigenvalue weighted by Gasteiger charge is 2.18. The van der Waals surface area contributed by atoms with Crippen molar-refractivity contribution in [2.45, 2.75) is 13.0 Å². The van der Waals surface area contributed by atoms with Gasteiger partial charge in [-0.05, 0) is 24.6 Å². The molecular weight excluding hydrogens is 362 g/mol. The third kappa shape index (κ3) is 3.75. The molecule has 27 heavy (non-hydrogen) atoms. The molecule has 1 N–H and O–H groups in total. The van der Waals surface area contributed by atoms with Gasteiger partial charge < -0.3 is 9.84 Å². The number of thiazole rings is 1. The fourth-order valence-electron chi connectivity index (χ4n) is 2.49. The van der Waals surface area contributed by atoms with Crippen molar-refractivity contribution in [2.24, 2.45) is 0 Å². The Labute approximate surface area is 159 Å². The van der Waals surface area contributed by atoms with E-state index in [9.17, 15) is 4.79 Å². The summed E-state index contributed by atoms with van der Waals surface area (Å²) >= 11 is 1.23. The molecule has 0 bridgehead atoms. The number of nitrogens with one attached hydrogen (secondary N) is 1. The van der Waals surface area contributed by atoms with Gasteiger partial charge in [0.15, 0.2) is 5.01 Å². The highest BCUT2D eigenvalue weighted by molar-refractivity contribution is 7.12. The number of hydrogen-bond donors (Lipinski definition) is 1. The van der Waals surface area contributed by atoms with E-state index in [1.807, 2.05) is 49.4 Å². The smallest absolute Gasteiger partial charge is 0.280 e. The Morgan fingerprint density at radius 2 is 1.89 bits per heavy atom. The summed E-state index contributed by atoms with van der Waals surface area (Å²) in [6.45, 7) is 1.93. The number of hydrogen-bond acceptors (Lipinski definition) is 7. The van der Waals surface area contributed by atoms with E-state index in [-0.39, 0.29) is 17.8 Å². The molecule has 4 rings (SSSR count). The Morgan fingerprint density at radius 3 is 2.67 bits per heavy atom. The molecule has 0 spiro atoms. The summed E-state index contributed by atoms with van der Waals surface area (Å²) in [5.74, 6) is 0.386. The summed E-state index contributed by atoms with van der Waals surface area (Å²) in [6, 6.07) is 15.1. The summed E-state index contributed by atoms with van der Waals surface area (Å²) in [5, 5.41) is 8.92. The molecule has 1 atom stereocenters. The van der Waals surface area contributed by atoms with Crippen molar-refractivity contribution in [1.29, 1.82) is 0 Å². The van der Waals surface area contributed by atoms with Gasteiger partial charge in [0, 0.05) is 11.6 Å². The van der Waals surface area contributed by atoms with Gasteiger partial charge in [-0.15, -0.1) is 11.3 Å². The first-order valence-corrected chi connectivity index (χ1v) is 9.15. The van der Waals surface area contributed by atoms with E-state index in [2.05, 4.69) is 25.4 Å². The van der Waals surface area contributed by atoms with Gasteiger partial charge in [0.1, 0.15) is 11.4 Å². The number of nitrogens with zero attached hydrogens (tertiary/aromatic N) is 4. The minimum atomic E-state index is -0.243. The van der Waals surface area contributed by atoms with Crippen molar-refractivity contribution >= 4 is 17.2 Å². The first-order valence-electron chi connectivity index (χ1n) is 8.27. The third-order valence-corrected chi connectivity index (χ3v) is 4.73. The van der Waals surface area contributed by atoms with Crippen LogP contribution in [0.25, 0.3) is 23.1 Å². The lowest BCUT2D eigenvalue weighted by atomic mass is 10.1. The predicted octanol–water partition coefficient (Wildman–Crippen LogP) is 3.75. The lowest BCUT2D eigenvalue weighted by Gasteiger charge is -2.12. The van der Waals surface area contributed by atoms with Gasteiger partial charge in [-0.2, -0.15) is 4.98 Å². The monoisotopic (exact) mass is 377 g/mol. The SMILES string of the molecule is C[C@@H](NC(=O)c1nc(-c2nc(-c3ccccn3)no2)cs1)c1ccccc1. The van der Waals surface area contributed by atoms with Crippen molar-refractivity contribution in [3.05, 3.63) is 70.7 Å². The van der Waals surface area contributed by atoms with E-state index in [0.29, 0.717) is 22.2 Å². The summed E-state index contributed by atoms with van der Waals surface area (Å²) in [6.07, 6.45) is 1.66. The van der Waals surface area contributed by atoms with Gasteiger partial charge in [-0.3, -0.25) is 9.78 Å². The van der Waals surface area contributed by atoms with E-state index in [4.69, 9.17) is 4.52 Å². The Balaban J connectivity index is 1.49. The van der Waals surface area contributed by atoms with Crippen molar-refractivity contribution in [3.63, 3.8) is 0 Å². The molecule has 0 unspecified atom stereocenters. The normalized spacial score (nSPS) is 11.9. The number of aromatic nitrogens is 4. The number of rotatable bonds is 5. The first kappa shape index (κ1) is 17.0. The average Bonchev–Trinajstić information content (AvgIpc) is 3.39. The maximum Gasteiger partial charge on any atom is 0.280 e. The third-order valence-electron chi connectivity index (χ3n) is 3.88. The number of carbonyl (C=O) groups excluding carboxylic acids is 1. The van der Waals surface area contributed by atoms with Crippen LogP contribution in [0.1, 0.15) is 28.3 Å². The molecule has 0 saturated carbocycles. The van der Waals surface area contributed by atoms with Crippen molar-refractivity contribution in [3.8, 4) is 23.1 Å². The number of amides is 1. The zero-order valence-corrected chi connectivity index (χ0v) is 15.2. The van der Waals surface area contributed by atoms with Crippen LogP contribution in [0.5, 0.6) is 0 Å². The topological polar surface area (TPSA) is 93.8 Å². The second kappa shape index (κ2) is 7.46. The van der Waals surface area contributed by atoms with Gasteiger partial charge in [0.2, 0.25) is 5.82 Å². The van der Waals surface area contributed by atoms with Gasteiger partial charge in [-0.25, -0.2) is 4.98 Å². The van der Waals surface area contributed by atoms with E-state index >= 15 is 0 Å². The molecule has 134 valence electrons. The molecule has 0 saturated heterocycles. The van der Waals surface area contributed by atoms with Crippen LogP contribution >= 0.6 is 11.3 Å². The first-order chi connectivity index (χ1) is 13.2. The largest absolute Gasteiger partial charge is 0.343 e. The van der Waals surface area contributed by atoms with Crippen LogP contribution in [-0.4, -0.2) is 26.0 Å². The van der Waals surface area contributed by atoms with Crippen molar-refractivity contribution in [2.75, 3.05) is 0 Å². The molecule has 4 aromatic rings. The number of benzene rings is 1. The minimum absolute atomic E-state index is 0.120. The quantitative estimate of drug-likeness (QED) is 0.569. The highest BCUT2D eigenvalue weighted by Crippen LogP contribution is 2.23. The standard InChI is InChI=1S/C19H15N5O2S/c1-12(13-7-3-2-4-8-13)21-17(25)19-22-15(11-27-19)18-23-16(24-26-18)14-9-5-6-10-20-14/h2-12H,1H3,(H,21,25)/t12-/m1/s1. The fraction of sp³-hybridized carbons (Fsp3) is 0.105. The molecule has 0 fully saturated rings. The molecule has 1 amide bonds. The molecular formula is C19H15N5O2S. The van der Waals surface area contributed by atoms with Gasteiger partial charge in [0.25, 0.3) is 11.8 Å². The van der Waals surface area contributed by atoms with E-state index in [1.54, 1.807) is 17.6 Å². The zero-order chi connectivity index (χ0) is 18.6. The molecule has 7 nitrogen and oxygen atoms in total. The number of carbonyl (C=O) groups is 1. The maximum atomic E-state index is 12.5. The van der Waals surface area contributed by atoms with Crippen LogP contribution in [0, 0.1) is 0 Å². The molecule has 1 aromatic carbocycles. The van der Waals surface area contributed by atoms with Gasteiger partial charge in [0.05, 0.1) is 6.04 Å². The molecule has 8 heteroatoms. The van der Waals surface area contributed by atoms with Crippen molar-refractivity contribution < 1.29 is 9.32 Å². The average molecular weight is 377 g/mol. The fourth-order valence-corrected chi connectivity index (χ4v) is 3.18. The van der Waals surface area contributed by atoms with Crippen LogP contribution < -0.4 is 5.32 Å². The van der Waals surface area contributed by atoms with Gasteiger partial charge >= 0.3 is 0 Å². The van der Waals surface area contributed by atoms with Crippen LogP contribution in [0.4, 0.5) is 0 Å². The number of pyridine rings is 1. The molecule has 0 aliphatic heterocycles. The summed E-state index contributed by atoms with van der Waals surface area (Å²) in [5.41, 5.74) is 2.10. The second-order valence-corrected chi connectivity index (χ2v) is 6.64. The Hall–Kier alpha value is -3.39. The highest BCUT2D eigenvalue weighted by atomic mass is 32.1. The van der Waals surface area contributed by atoms with Crippen LogP contribution in [0.15, 0.2) is 64.6 Å². The maximum absolute atomic E-state index is 12.5. The van der Waals surface area contributed by atoms with Crippen LogP contribution in [-0.2, 0) is 0 Å².